The summed E-state index contributed by atoms with van der Waals surface area (Å²) in [4.78, 5) is 8.62. The zero-order valence-corrected chi connectivity index (χ0v) is 8.79. The molecule has 0 spiro atoms. The van der Waals surface area contributed by atoms with Gasteiger partial charge in [0.2, 0.25) is 0 Å². The lowest BCUT2D eigenvalue weighted by Crippen LogP contribution is -2.08. The molecule has 0 bridgehead atoms. The van der Waals surface area contributed by atoms with Crippen LogP contribution in [0.1, 0.15) is 24.1 Å². The van der Waals surface area contributed by atoms with Crippen molar-refractivity contribution in [3.8, 4) is 0 Å². The van der Waals surface area contributed by atoms with E-state index in [4.69, 9.17) is 10.5 Å². The average molecular weight is 195 g/mol. The van der Waals surface area contributed by atoms with Crippen LogP contribution < -0.4 is 5.73 Å². The Labute approximate surface area is 84.5 Å². The lowest BCUT2D eigenvalue weighted by Gasteiger charge is -2.04. The Morgan fingerprint density at radius 2 is 2.21 bits per heavy atom. The second-order valence-electron chi connectivity index (χ2n) is 3.09. The van der Waals surface area contributed by atoms with Crippen molar-refractivity contribution < 1.29 is 4.74 Å². The number of ether oxygens (including phenoxy) is 1. The normalized spacial score (nSPS) is 10.5. The molecule has 0 aliphatic carbocycles. The van der Waals surface area contributed by atoms with Crippen LogP contribution in [0.25, 0.3) is 0 Å². The minimum absolute atomic E-state index is 0.482. The highest BCUT2D eigenvalue weighted by Gasteiger charge is 2.01. The number of nitrogens with zero attached hydrogens (tertiary/aromatic N) is 2. The molecule has 1 rings (SSSR count). The molecule has 2 N–H and O–H groups in total. The van der Waals surface area contributed by atoms with Crippen LogP contribution in [0.4, 0.5) is 0 Å². The number of hydrogen-bond acceptors (Lipinski definition) is 4. The van der Waals surface area contributed by atoms with Gasteiger partial charge in [-0.15, -0.1) is 0 Å². The predicted molar refractivity (Wildman–Crippen MR) is 54.9 cm³/mol. The van der Waals surface area contributed by atoms with Crippen LogP contribution in [-0.2, 0) is 17.8 Å². The first kappa shape index (κ1) is 11.1. The molecule has 0 saturated carbocycles. The van der Waals surface area contributed by atoms with E-state index < -0.39 is 0 Å². The van der Waals surface area contributed by atoms with Gasteiger partial charge in [-0.3, -0.25) is 0 Å². The summed E-state index contributed by atoms with van der Waals surface area (Å²) in [5, 5.41) is 0. The Kier molecular flexibility index (Phi) is 4.49. The summed E-state index contributed by atoms with van der Waals surface area (Å²) >= 11 is 0. The van der Waals surface area contributed by atoms with Gasteiger partial charge in [-0.2, -0.15) is 0 Å². The summed E-state index contributed by atoms with van der Waals surface area (Å²) in [7, 11) is 0. The van der Waals surface area contributed by atoms with E-state index in [-0.39, 0.29) is 0 Å². The number of hydrogen-bond donors (Lipinski definition) is 1. The van der Waals surface area contributed by atoms with E-state index in [1.807, 2.05) is 19.9 Å². The molecule has 0 unspecified atom stereocenters. The van der Waals surface area contributed by atoms with Gasteiger partial charge in [-0.1, -0.05) is 0 Å². The maximum Gasteiger partial charge on any atom is 0.154 e. The van der Waals surface area contributed by atoms with Crippen LogP contribution >= 0.6 is 0 Å². The standard InChI is InChI=1S/C10H17N3O/c1-3-14-7-10-12-8(2)6-9(13-10)4-5-11/h6H,3-5,7,11H2,1-2H3. The van der Waals surface area contributed by atoms with Gasteiger partial charge >= 0.3 is 0 Å². The smallest absolute Gasteiger partial charge is 0.154 e. The third kappa shape index (κ3) is 3.40. The molecule has 4 nitrogen and oxygen atoms in total. The van der Waals surface area contributed by atoms with Crippen LogP contribution in [0.5, 0.6) is 0 Å². The fourth-order valence-electron chi connectivity index (χ4n) is 1.23. The molecule has 78 valence electrons. The first-order chi connectivity index (χ1) is 6.76. The van der Waals surface area contributed by atoms with E-state index in [1.54, 1.807) is 0 Å². The van der Waals surface area contributed by atoms with Gasteiger partial charge in [0.25, 0.3) is 0 Å². The van der Waals surface area contributed by atoms with Crippen LogP contribution in [0, 0.1) is 6.92 Å². The average Bonchev–Trinajstić information content (AvgIpc) is 2.14. The maximum atomic E-state index is 5.47. The van der Waals surface area contributed by atoms with Crippen molar-refractivity contribution in [3.63, 3.8) is 0 Å². The lowest BCUT2D eigenvalue weighted by atomic mass is 10.2. The largest absolute Gasteiger partial charge is 0.374 e. The molecule has 0 aromatic carbocycles. The molecule has 14 heavy (non-hydrogen) atoms. The number of rotatable bonds is 5. The molecule has 0 atom stereocenters. The van der Waals surface area contributed by atoms with Crippen molar-refractivity contribution in [3.05, 3.63) is 23.3 Å². The topological polar surface area (TPSA) is 61.0 Å². The Hall–Kier alpha value is -1.00. The molecule has 0 aliphatic heterocycles. The first-order valence-corrected chi connectivity index (χ1v) is 4.87. The lowest BCUT2D eigenvalue weighted by molar-refractivity contribution is 0.128. The maximum absolute atomic E-state index is 5.47. The molecule has 1 aromatic heterocycles. The summed E-state index contributed by atoms with van der Waals surface area (Å²) in [6.07, 6.45) is 0.794. The molecule has 0 saturated heterocycles. The third-order valence-corrected chi connectivity index (χ3v) is 1.79. The molecule has 4 heteroatoms. The molecule has 0 fully saturated rings. The highest BCUT2D eigenvalue weighted by molar-refractivity contribution is 5.10. The predicted octanol–water partition coefficient (Wildman–Crippen LogP) is 0.823. The van der Waals surface area contributed by atoms with E-state index in [9.17, 15) is 0 Å². The zero-order valence-electron chi connectivity index (χ0n) is 8.79. The van der Waals surface area contributed by atoms with Crippen LogP contribution in [0.3, 0.4) is 0 Å². The minimum atomic E-state index is 0.482. The molecule has 1 aromatic rings. The van der Waals surface area contributed by atoms with Crippen molar-refractivity contribution in [2.45, 2.75) is 26.9 Å². The molecule has 0 radical (unpaired) electrons. The van der Waals surface area contributed by atoms with E-state index in [0.29, 0.717) is 19.8 Å². The molecular weight excluding hydrogens is 178 g/mol. The summed E-state index contributed by atoms with van der Waals surface area (Å²) in [5.41, 5.74) is 7.43. The van der Waals surface area contributed by atoms with Crippen molar-refractivity contribution in [2.75, 3.05) is 13.2 Å². The van der Waals surface area contributed by atoms with E-state index >= 15 is 0 Å². The van der Waals surface area contributed by atoms with Crippen LogP contribution in [-0.4, -0.2) is 23.1 Å². The van der Waals surface area contributed by atoms with Crippen LogP contribution in [0.2, 0.25) is 0 Å². The van der Waals surface area contributed by atoms with Crippen molar-refractivity contribution in [1.82, 2.24) is 9.97 Å². The van der Waals surface area contributed by atoms with E-state index in [2.05, 4.69) is 9.97 Å². The van der Waals surface area contributed by atoms with Crippen molar-refractivity contribution in [2.24, 2.45) is 5.73 Å². The Balaban J connectivity index is 2.73. The quantitative estimate of drug-likeness (QED) is 0.755. The number of aromatic nitrogens is 2. The number of nitrogens with two attached hydrogens (primary N) is 1. The third-order valence-electron chi connectivity index (χ3n) is 1.79. The molecule has 1 heterocycles. The van der Waals surface area contributed by atoms with E-state index in [0.717, 1.165) is 23.6 Å². The Bertz CT molecular complexity index is 289. The minimum Gasteiger partial charge on any atom is -0.374 e. The van der Waals surface area contributed by atoms with Gasteiger partial charge in [0, 0.05) is 24.4 Å². The van der Waals surface area contributed by atoms with Gasteiger partial charge in [-0.25, -0.2) is 9.97 Å². The van der Waals surface area contributed by atoms with Gasteiger partial charge < -0.3 is 10.5 Å². The summed E-state index contributed by atoms with van der Waals surface area (Å²) in [6, 6.07) is 1.96. The molecular formula is C10H17N3O. The summed E-state index contributed by atoms with van der Waals surface area (Å²) in [5.74, 6) is 0.746. The first-order valence-electron chi connectivity index (χ1n) is 4.87. The zero-order chi connectivity index (χ0) is 10.4. The van der Waals surface area contributed by atoms with Crippen molar-refractivity contribution >= 4 is 0 Å². The fourth-order valence-corrected chi connectivity index (χ4v) is 1.23. The fraction of sp³-hybridized carbons (Fsp3) is 0.600. The summed E-state index contributed by atoms with van der Waals surface area (Å²) < 4.78 is 5.25. The summed E-state index contributed by atoms with van der Waals surface area (Å²) in [6.45, 7) is 5.69. The van der Waals surface area contributed by atoms with Crippen molar-refractivity contribution in [1.29, 1.82) is 0 Å². The van der Waals surface area contributed by atoms with Gasteiger partial charge in [-0.05, 0) is 26.5 Å². The second kappa shape index (κ2) is 5.67. The van der Waals surface area contributed by atoms with Crippen LogP contribution in [0.15, 0.2) is 6.07 Å². The van der Waals surface area contributed by atoms with E-state index in [1.165, 1.54) is 0 Å². The van der Waals surface area contributed by atoms with Gasteiger partial charge in [0.1, 0.15) is 6.61 Å². The Morgan fingerprint density at radius 1 is 1.43 bits per heavy atom. The SMILES string of the molecule is CCOCc1nc(C)cc(CCN)n1. The molecule has 0 aliphatic rings. The monoisotopic (exact) mass is 195 g/mol. The highest BCUT2D eigenvalue weighted by atomic mass is 16.5. The number of aryl methyl sites for hydroxylation is 1. The Morgan fingerprint density at radius 3 is 2.86 bits per heavy atom. The van der Waals surface area contributed by atoms with Gasteiger partial charge in [0.15, 0.2) is 5.82 Å². The second-order valence-corrected chi connectivity index (χ2v) is 3.09. The highest BCUT2D eigenvalue weighted by Crippen LogP contribution is 2.02. The van der Waals surface area contributed by atoms with Gasteiger partial charge in [0.05, 0.1) is 0 Å². The molecule has 0 amide bonds.